The molecular formula is C21H19N3O2. The van der Waals surface area contributed by atoms with E-state index in [4.69, 9.17) is 0 Å². The highest BCUT2D eigenvalue weighted by Gasteiger charge is 2.59. The second kappa shape index (κ2) is 4.97. The van der Waals surface area contributed by atoms with Gasteiger partial charge < -0.3 is 9.88 Å². The third kappa shape index (κ3) is 1.70. The normalized spacial score (nSPS) is 22.1. The Bertz CT molecular complexity index is 1080. The van der Waals surface area contributed by atoms with Gasteiger partial charge in [0.2, 0.25) is 0 Å². The van der Waals surface area contributed by atoms with E-state index in [1.54, 1.807) is 4.90 Å². The molecule has 1 atom stereocenters. The van der Waals surface area contributed by atoms with Crippen molar-refractivity contribution in [2.75, 3.05) is 11.4 Å². The number of rotatable bonds is 1. The summed E-state index contributed by atoms with van der Waals surface area (Å²) in [5.74, 6) is -0.190. The number of aromatic nitrogens is 1. The molecule has 2 aliphatic rings. The van der Waals surface area contributed by atoms with Gasteiger partial charge in [-0.2, -0.15) is 0 Å². The fraction of sp³-hybridized carbons (Fsp3) is 0.238. The molecule has 5 nitrogen and oxygen atoms in total. The van der Waals surface area contributed by atoms with Crippen LogP contribution in [0.4, 0.5) is 10.5 Å². The molecule has 0 unspecified atom stereocenters. The quantitative estimate of drug-likeness (QED) is 0.684. The Morgan fingerprint density at radius 1 is 1.04 bits per heavy atom. The molecule has 5 heteroatoms. The van der Waals surface area contributed by atoms with Gasteiger partial charge in [-0.1, -0.05) is 36.4 Å². The van der Waals surface area contributed by atoms with Crippen molar-refractivity contribution >= 4 is 28.5 Å². The Kier molecular flexibility index (Phi) is 2.91. The van der Waals surface area contributed by atoms with E-state index in [0.717, 1.165) is 34.1 Å². The Morgan fingerprint density at radius 2 is 1.77 bits per heavy atom. The van der Waals surface area contributed by atoms with Crippen LogP contribution in [0, 0.1) is 6.92 Å². The summed E-state index contributed by atoms with van der Waals surface area (Å²) < 4.78 is 0. The van der Waals surface area contributed by atoms with Gasteiger partial charge in [-0.05, 0) is 43.5 Å². The minimum atomic E-state index is -0.994. The van der Waals surface area contributed by atoms with Crippen LogP contribution in [0.1, 0.15) is 23.7 Å². The van der Waals surface area contributed by atoms with Gasteiger partial charge in [0.1, 0.15) is 0 Å². The van der Waals surface area contributed by atoms with E-state index in [2.05, 4.69) is 11.1 Å². The van der Waals surface area contributed by atoms with Crippen LogP contribution in [0.3, 0.4) is 0 Å². The number of carbonyl (C=O) groups is 2. The zero-order chi connectivity index (χ0) is 18.1. The van der Waals surface area contributed by atoms with E-state index in [1.165, 1.54) is 4.90 Å². The summed E-state index contributed by atoms with van der Waals surface area (Å²) in [6.07, 6.45) is 0.746. The summed E-state index contributed by atoms with van der Waals surface area (Å²) in [5, 5.41) is 1.14. The van der Waals surface area contributed by atoms with Crippen LogP contribution in [0.2, 0.25) is 0 Å². The number of nitrogens with zero attached hydrogens (tertiary/aromatic N) is 2. The van der Waals surface area contributed by atoms with Gasteiger partial charge in [0.25, 0.3) is 5.91 Å². The van der Waals surface area contributed by atoms with Crippen LogP contribution in [0.15, 0.2) is 48.5 Å². The number of para-hydroxylation sites is 2. The molecule has 1 aromatic heterocycles. The van der Waals surface area contributed by atoms with Crippen molar-refractivity contribution < 1.29 is 9.59 Å². The van der Waals surface area contributed by atoms with Crippen molar-refractivity contribution in [3.8, 4) is 0 Å². The number of H-pyrrole nitrogens is 1. The van der Waals surface area contributed by atoms with Crippen LogP contribution < -0.4 is 4.90 Å². The van der Waals surface area contributed by atoms with Gasteiger partial charge >= 0.3 is 6.03 Å². The van der Waals surface area contributed by atoms with Crippen LogP contribution in [-0.4, -0.2) is 28.4 Å². The zero-order valence-corrected chi connectivity index (χ0v) is 14.7. The summed E-state index contributed by atoms with van der Waals surface area (Å²) in [7, 11) is 0. The van der Waals surface area contributed by atoms with Crippen molar-refractivity contribution in [3.05, 3.63) is 65.4 Å². The molecule has 0 aliphatic carbocycles. The standard InChI is InChI=1S/C21H19N3O2/c1-13-7-3-6-10-17(13)24-19(25)21(2)18-15(11-12-23(21)20(24)26)14-8-4-5-9-16(14)22-18/h3-10,22H,11-12H2,1-2H3/t21-/m0/s1. The molecule has 0 radical (unpaired) electrons. The Balaban J connectivity index is 1.72. The minimum absolute atomic E-state index is 0.190. The number of nitrogens with one attached hydrogen (secondary N) is 1. The van der Waals surface area contributed by atoms with Crippen molar-refractivity contribution in [3.63, 3.8) is 0 Å². The second-order valence-corrected chi connectivity index (χ2v) is 7.21. The molecular weight excluding hydrogens is 326 g/mol. The lowest BCUT2D eigenvalue weighted by molar-refractivity contribution is -0.125. The van der Waals surface area contributed by atoms with E-state index >= 15 is 0 Å². The number of benzene rings is 2. The van der Waals surface area contributed by atoms with Crippen LogP contribution in [0.5, 0.6) is 0 Å². The van der Waals surface area contributed by atoms with Gasteiger partial charge in [-0.25, -0.2) is 9.69 Å². The van der Waals surface area contributed by atoms with Gasteiger partial charge in [0.05, 0.1) is 11.4 Å². The summed E-state index contributed by atoms with van der Waals surface area (Å²) in [6.45, 7) is 4.32. The highest BCUT2D eigenvalue weighted by Crippen LogP contribution is 2.45. The summed E-state index contributed by atoms with van der Waals surface area (Å²) in [4.78, 5) is 33.1. The maximum Gasteiger partial charge on any atom is 0.332 e. The van der Waals surface area contributed by atoms with Crippen LogP contribution >= 0.6 is 0 Å². The van der Waals surface area contributed by atoms with E-state index in [9.17, 15) is 9.59 Å². The number of amides is 3. The van der Waals surface area contributed by atoms with E-state index < -0.39 is 5.54 Å². The number of urea groups is 1. The molecule has 130 valence electrons. The first-order valence-electron chi connectivity index (χ1n) is 8.85. The minimum Gasteiger partial charge on any atom is -0.356 e. The molecule has 26 heavy (non-hydrogen) atoms. The summed E-state index contributed by atoms with van der Waals surface area (Å²) in [6, 6.07) is 15.4. The lowest BCUT2D eigenvalue weighted by atomic mass is 9.87. The van der Waals surface area contributed by atoms with E-state index in [1.807, 2.05) is 56.3 Å². The van der Waals surface area contributed by atoms with Crippen molar-refractivity contribution in [2.45, 2.75) is 25.8 Å². The molecule has 1 fully saturated rings. The second-order valence-electron chi connectivity index (χ2n) is 7.21. The third-order valence-corrected chi connectivity index (χ3v) is 5.82. The molecule has 3 amide bonds. The topological polar surface area (TPSA) is 56.4 Å². The number of imide groups is 1. The highest BCUT2D eigenvalue weighted by molar-refractivity contribution is 6.24. The lowest BCUT2D eigenvalue weighted by Gasteiger charge is -2.35. The van der Waals surface area contributed by atoms with Crippen LogP contribution in [0.25, 0.3) is 10.9 Å². The lowest BCUT2D eigenvalue weighted by Crippen LogP contribution is -2.49. The fourth-order valence-electron chi connectivity index (χ4n) is 4.42. The fourth-order valence-corrected chi connectivity index (χ4v) is 4.42. The molecule has 5 rings (SSSR count). The van der Waals surface area contributed by atoms with Gasteiger partial charge in [0.15, 0.2) is 5.54 Å². The first kappa shape index (κ1) is 15.2. The number of carbonyl (C=O) groups excluding carboxylic acids is 2. The summed E-state index contributed by atoms with van der Waals surface area (Å²) >= 11 is 0. The average molecular weight is 345 g/mol. The Morgan fingerprint density at radius 3 is 2.58 bits per heavy atom. The highest BCUT2D eigenvalue weighted by atomic mass is 16.2. The predicted molar refractivity (Wildman–Crippen MR) is 100 cm³/mol. The molecule has 3 aromatic rings. The first-order chi connectivity index (χ1) is 12.5. The smallest absolute Gasteiger partial charge is 0.332 e. The molecule has 3 heterocycles. The monoisotopic (exact) mass is 345 g/mol. The number of fused-ring (bicyclic) bond motifs is 5. The van der Waals surface area contributed by atoms with E-state index in [0.29, 0.717) is 12.2 Å². The van der Waals surface area contributed by atoms with Crippen molar-refractivity contribution in [1.29, 1.82) is 0 Å². The van der Waals surface area contributed by atoms with Crippen molar-refractivity contribution in [2.24, 2.45) is 0 Å². The SMILES string of the molecule is Cc1ccccc1N1C(=O)N2CCc3c([nH]c4ccccc34)[C@@]2(C)C1=O. The average Bonchev–Trinajstić information content (AvgIpc) is 3.11. The molecule has 0 spiro atoms. The summed E-state index contributed by atoms with van der Waals surface area (Å²) in [5.41, 5.74) is 3.58. The molecule has 2 aliphatic heterocycles. The van der Waals surface area contributed by atoms with Crippen LogP contribution in [-0.2, 0) is 16.8 Å². The number of hydrogen-bond acceptors (Lipinski definition) is 2. The molecule has 1 saturated heterocycles. The number of anilines is 1. The van der Waals surface area contributed by atoms with Gasteiger partial charge in [-0.15, -0.1) is 0 Å². The number of hydrogen-bond donors (Lipinski definition) is 1. The third-order valence-electron chi connectivity index (χ3n) is 5.82. The number of aromatic amines is 1. The van der Waals surface area contributed by atoms with Crippen molar-refractivity contribution in [1.82, 2.24) is 9.88 Å². The molecule has 2 aromatic carbocycles. The van der Waals surface area contributed by atoms with E-state index in [-0.39, 0.29) is 11.9 Å². The van der Waals surface area contributed by atoms with Gasteiger partial charge in [-0.3, -0.25) is 4.79 Å². The zero-order valence-electron chi connectivity index (χ0n) is 14.7. The largest absolute Gasteiger partial charge is 0.356 e. The first-order valence-corrected chi connectivity index (χ1v) is 8.85. The maximum absolute atomic E-state index is 13.5. The Labute approximate surface area is 151 Å². The Hall–Kier alpha value is -3.08. The molecule has 1 N–H and O–H groups in total. The van der Waals surface area contributed by atoms with Gasteiger partial charge in [0, 0.05) is 17.4 Å². The predicted octanol–water partition coefficient (Wildman–Crippen LogP) is 3.72. The maximum atomic E-state index is 13.5. The number of aryl methyl sites for hydroxylation is 1. The molecule has 0 saturated carbocycles. The molecule has 0 bridgehead atoms.